The second-order valence-electron chi connectivity index (χ2n) is 5.39. The smallest absolute Gasteiger partial charge is 0.113 e. The highest BCUT2D eigenvalue weighted by Crippen LogP contribution is 2.19. The SMILES string of the molecule is CC(C)(C)CN1CCCCC(F)C1. The lowest BCUT2D eigenvalue weighted by Gasteiger charge is -2.29. The van der Waals surface area contributed by atoms with E-state index in [0.717, 1.165) is 32.4 Å². The van der Waals surface area contributed by atoms with Crippen molar-refractivity contribution in [2.24, 2.45) is 5.41 Å². The Bertz CT molecular complexity index is 151. The largest absolute Gasteiger partial charge is 0.300 e. The fraction of sp³-hybridized carbons (Fsp3) is 1.00. The molecule has 78 valence electrons. The molecular formula is C11H22FN. The van der Waals surface area contributed by atoms with Gasteiger partial charge in [0, 0.05) is 13.1 Å². The lowest BCUT2D eigenvalue weighted by atomic mass is 9.96. The van der Waals surface area contributed by atoms with Crippen molar-refractivity contribution in [2.75, 3.05) is 19.6 Å². The fourth-order valence-electron chi connectivity index (χ4n) is 1.98. The second kappa shape index (κ2) is 4.41. The normalized spacial score (nSPS) is 27.2. The maximum absolute atomic E-state index is 13.2. The summed E-state index contributed by atoms with van der Waals surface area (Å²) in [6.45, 7) is 9.39. The lowest BCUT2D eigenvalue weighted by Crippen LogP contribution is -2.36. The molecule has 1 rings (SSSR count). The molecule has 0 aromatic carbocycles. The Kier molecular flexibility index (Phi) is 3.72. The molecule has 1 unspecified atom stereocenters. The zero-order chi connectivity index (χ0) is 9.90. The number of hydrogen-bond acceptors (Lipinski definition) is 1. The maximum Gasteiger partial charge on any atom is 0.113 e. The molecule has 0 saturated carbocycles. The molecule has 0 aliphatic carbocycles. The molecule has 1 nitrogen and oxygen atoms in total. The highest BCUT2D eigenvalue weighted by Gasteiger charge is 2.21. The Morgan fingerprint density at radius 1 is 1.31 bits per heavy atom. The van der Waals surface area contributed by atoms with Gasteiger partial charge in [0.2, 0.25) is 0 Å². The van der Waals surface area contributed by atoms with Crippen molar-refractivity contribution in [1.29, 1.82) is 0 Å². The van der Waals surface area contributed by atoms with Crippen LogP contribution in [-0.4, -0.2) is 30.7 Å². The first-order valence-corrected chi connectivity index (χ1v) is 5.34. The standard InChI is InChI=1S/C11H22FN/c1-11(2,3)9-13-7-5-4-6-10(12)8-13/h10H,4-9H2,1-3H3. The Hall–Kier alpha value is -0.110. The van der Waals surface area contributed by atoms with Crippen LogP contribution in [0.1, 0.15) is 40.0 Å². The highest BCUT2D eigenvalue weighted by atomic mass is 19.1. The van der Waals surface area contributed by atoms with Crippen molar-refractivity contribution in [1.82, 2.24) is 4.90 Å². The van der Waals surface area contributed by atoms with Crippen LogP contribution in [0.4, 0.5) is 4.39 Å². The molecular weight excluding hydrogens is 165 g/mol. The summed E-state index contributed by atoms with van der Waals surface area (Å²) >= 11 is 0. The molecule has 0 amide bonds. The van der Waals surface area contributed by atoms with Gasteiger partial charge in [-0.3, -0.25) is 4.90 Å². The second-order valence-corrected chi connectivity index (χ2v) is 5.39. The molecule has 0 aromatic heterocycles. The summed E-state index contributed by atoms with van der Waals surface area (Å²) in [5.41, 5.74) is 0.296. The predicted molar refractivity (Wildman–Crippen MR) is 54.6 cm³/mol. The van der Waals surface area contributed by atoms with E-state index in [1.165, 1.54) is 0 Å². The average Bonchev–Trinajstić information content (AvgIpc) is 2.10. The van der Waals surface area contributed by atoms with Crippen molar-refractivity contribution >= 4 is 0 Å². The van der Waals surface area contributed by atoms with Gasteiger partial charge in [-0.15, -0.1) is 0 Å². The number of hydrogen-bond donors (Lipinski definition) is 0. The molecule has 2 heteroatoms. The van der Waals surface area contributed by atoms with Crippen LogP contribution in [0.15, 0.2) is 0 Å². The highest BCUT2D eigenvalue weighted by molar-refractivity contribution is 4.75. The number of likely N-dealkylation sites (tertiary alicyclic amines) is 1. The molecule has 0 spiro atoms. The van der Waals surface area contributed by atoms with Crippen LogP contribution in [0.2, 0.25) is 0 Å². The van der Waals surface area contributed by atoms with Gasteiger partial charge in [-0.05, 0) is 31.2 Å². The van der Waals surface area contributed by atoms with E-state index in [1.54, 1.807) is 0 Å². The third-order valence-electron chi connectivity index (χ3n) is 2.40. The van der Waals surface area contributed by atoms with Gasteiger partial charge in [-0.25, -0.2) is 4.39 Å². The van der Waals surface area contributed by atoms with Gasteiger partial charge in [-0.1, -0.05) is 20.8 Å². The maximum atomic E-state index is 13.2. The van der Waals surface area contributed by atoms with Crippen LogP contribution in [0.25, 0.3) is 0 Å². The van der Waals surface area contributed by atoms with E-state index >= 15 is 0 Å². The first kappa shape index (κ1) is 11.0. The molecule has 0 aromatic rings. The van der Waals surface area contributed by atoms with Crippen LogP contribution < -0.4 is 0 Å². The first-order chi connectivity index (χ1) is 5.97. The van der Waals surface area contributed by atoms with Crippen molar-refractivity contribution < 1.29 is 4.39 Å². The number of alkyl halides is 1. The van der Waals surface area contributed by atoms with Gasteiger partial charge in [0.05, 0.1) is 0 Å². The zero-order valence-electron chi connectivity index (χ0n) is 9.15. The summed E-state index contributed by atoms with van der Waals surface area (Å²) in [4.78, 5) is 2.28. The van der Waals surface area contributed by atoms with E-state index in [2.05, 4.69) is 25.7 Å². The molecule has 0 N–H and O–H groups in total. The fourth-order valence-corrected chi connectivity index (χ4v) is 1.98. The summed E-state index contributed by atoms with van der Waals surface area (Å²) in [7, 11) is 0. The molecule has 13 heavy (non-hydrogen) atoms. The Morgan fingerprint density at radius 2 is 2.00 bits per heavy atom. The minimum absolute atomic E-state index is 0.296. The summed E-state index contributed by atoms with van der Waals surface area (Å²) in [5, 5.41) is 0. The first-order valence-electron chi connectivity index (χ1n) is 5.34. The lowest BCUT2D eigenvalue weighted by molar-refractivity contribution is 0.158. The molecule has 0 radical (unpaired) electrons. The summed E-state index contributed by atoms with van der Waals surface area (Å²) in [6, 6.07) is 0. The quantitative estimate of drug-likeness (QED) is 0.610. The van der Waals surface area contributed by atoms with E-state index < -0.39 is 6.17 Å². The van der Waals surface area contributed by atoms with Crippen molar-refractivity contribution in [3.8, 4) is 0 Å². The topological polar surface area (TPSA) is 3.24 Å². The molecule has 1 aliphatic heterocycles. The van der Waals surface area contributed by atoms with E-state index in [4.69, 9.17) is 0 Å². The van der Waals surface area contributed by atoms with Gasteiger partial charge < -0.3 is 0 Å². The third-order valence-corrected chi connectivity index (χ3v) is 2.40. The van der Waals surface area contributed by atoms with Gasteiger partial charge in [0.15, 0.2) is 0 Å². The summed E-state index contributed by atoms with van der Waals surface area (Å²) in [5.74, 6) is 0. The Morgan fingerprint density at radius 3 is 2.62 bits per heavy atom. The Labute approximate surface area is 81.3 Å². The van der Waals surface area contributed by atoms with E-state index in [-0.39, 0.29) is 0 Å². The molecule has 1 atom stereocenters. The molecule has 1 saturated heterocycles. The van der Waals surface area contributed by atoms with Crippen molar-refractivity contribution in [3.63, 3.8) is 0 Å². The number of rotatable bonds is 1. The minimum Gasteiger partial charge on any atom is -0.300 e. The van der Waals surface area contributed by atoms with Crippen molar-refractivity contribution in [2.45, 2.75) is 46.2 Å². The van der Waals surface area contributed by atoms with E-state index in [0.29, 0.717) is 12.0 Å². The van der Waals surface area contributed by atoms with Crippen LogP contribution in [0.5, 0.6) is 0 Å². The summed E-state index contributed by atoms with van der Waals surface area (Å²) in [6.07, 6.45) is 2.39. The average molecular weight is 187 g/mol. The van der Waals surface area contributed by atoms with Crippen LogP contribution in [-0.2, 0) is 0 Å². The van der Waals surface area contributed by atoms with Gasteiger partial charge in [-0.2, -0.15) is 0 Å². The van der Waals surface area contributed by atoms with Crippen LogP contribution in [0, 0.1) is 5.41 Å². The van der Waals surface area contributed by atoms with Gasteiger partial charge in [0.25, 0.3) is 0 Å². The summed E-state index contributed by atoms with van der Waals surface area (Å²) < 4.78 is 13.2. The molecule has 1 fully saturated rings. The Balaban J connectivity index is 2.39. The van der Waals surface area contributed by atoms with E-state index in [9.17, 15) is 4.39 Å². The minimum atomic E-state index is -0.593. The van der Waals surface area contributed by atoms with Gasteiger partial charge >= 0.3 is 0 Å². The monoisotopic (exact) mass is 187 g/mol. The van der Waals surface area contributed by atoms with Crippen LogP contribution >= 0.6 is 0 Å². The molecule has 1 aliphatic rings. The number of nitrogens with zero attached hydrogens (tertiary/aromatic N) is 1. The molecule has 1 heterocycles. The van der Waals surface area contributed by atoms with Crippen LogP contribution in [0.3, 0.4) is 0 Å². The van der Waals surface area contributed by atoms with E-state index in [1.807, 2.05) is 0 Å². The zero-order valence-corrected chi connectivity index (χ0v) is 9.15. The predicted octanol–water partition coefficient (Wildman–Crippen LogP) is 2.86. The number of halogens is 1. The van der Waals surface area contributed by atoms with Crippen molar-refractivity contribution in [3.05, 3.63) is 0 Å². The van der Waals surface area contributed by atoms with Gasteiger partial charge in [0.1, 0.15) is 6.17 Å². The third kappa shape index (κ3) is 4.61. The molecule has 0 bridgehead atoms.